The van der Waals surface area contributed by atoms with Crippen molar-refractivity contribution in [3.05, 3.63) is 29.3 Å². The molecule has 2 N–H and O–H groups in total. The number of rotatable bonds is 6. The number of aliphatic hydroxyl groups is 1. The van der Waals surface area contributed by atoms with Crippen LogP contribution in [0.4, 0.5) is 13.2 Å². The van der Waals surface area contributed by atoms with Gasteiger partial charge >= 0.3 is 12.1 Å². The van der Waals surface area contributed by atoms with Crippen LogP contribution >= 0.6 is 0 Å². The van der Waals surface area contributed by atoms with E-state index in [9.17, 15) is 18.0 Å². The average molecular weight is 292 g/mol. The van der Waals surface area contributed by atoms with Gasteiger partial charge in [-0.2, -0.15) is 13.2 Å². The van der Waals surface area contributed by atoms with Gasteiger partial charge in [-0.1, -0.05) is 19.4 Å². The molecule has 0 amide bonds. The van der Waals surface area contributed by atoms with E-state index in [1.165, 1.54) is 6.07 Å². The lowest BCUT2D eigenvalue weighted by molar-refractivity contribution is -0.148. The predicted octanol–water partition coefficient (Wildman–Crippen LogP) is 2.83. The van der Waals surface area contributed by atoms with Crippen LogP contribution < -0.4 is 4.74 Å². The fourth-order valence-electron chi connectivity index (χ4n) is 1.65. The third-order valence-electron chi connectivity index (χ3n) is 2.63. The van der Waals surface area contributed by atoms with Gasteiger partial charge < -0.3 is 14.9 Å². The molecule has 1 aromatic carbocycles. The van der Waals surface area contributed by atoms with Crippen LogP contribution in [0.25, 0.3) is 0 Å². The molecule has 0 heterocycles. The van der Waals surface area contributed by atoms with Gasteiger partial charge in [-0.15, -0.1) is 0 Å². The highest BCUT2D eigenvalue weighted by atomic mass is 19.4. The predicted molar refractivity (Wildman–Crippen MR) is 64.3 cm³/mol. The molecule has 0 aliphatic heterocycles. The molecule has 0 spiro atoms. The Morgan fingerprint density at radius 3 is 2.50 bits per heavy atom. The summed E-state index contributed by atoms with van der Waals surface area (Å²) in [7, 11) is 0. The van der Waals surface area contributed by atoms with E-state index >= 15 is 0 Å². The topological polar surface area (TPSA) is 66.8 Å². The molecule has 0 aromatic heterocycles. The molecule has 20 heavy (non-hydrogen) atoms. The van der Waals surface area contributed by atoms with E-state index in [0.29, 0.717) is 6.42 Å². The van der Waals surface area contributed by atoms with Gasteiger partial charge in [0.2, 0.25) is 0 Å². The number of alkyl halides is 3. The Kier molecular flexibility index (Phi) is 5.38. The number of hydrogen-bond donors (Lipinski definition) is 2. The zero-order chi connectivity index (χ0) is 15.3. The zero-order valence-corrected chi connectivity index (χ0v) is 10.8. The maximum atomic E-state index is 12.9. The second kappa shape index (κ2) is 6.60. The first-order chi connectivity index (χ1) is 9.29. The monoisotopic (exact) mass is 292 g/mol. The number of ether oxygens (including phenoxy) is 1. The maximum absolute atomic E-state index is 12.9. The number of halogens is 3. The lowest BCUT2D eigenvalue weighted by Crippen LogP contribution is -2.27. The van der Waals surface area contributed by atoms with Gasteiger partial charge in [0.25, 0.3) is 0 Å². The highest BCUT2D eigenvalue weighted by molar-refractivity contribution is 5.72. The molecule has 1 aromatic rings. The summed E-state index contributed by atoms with van der Waals surface area (Å²) >= 11 is 0. The van der Waals surface area contributed by atoms with Crippen LogP contribution in [0.5, 0.6) is 5.75 Å². The summed E-state index contributed by atoms with van der Waals surface area (Å²) in [6.45, 7) is 1.17. The molecule has 112 valence electrons. The Labute approximate surface area is 113 Å². The molecule has 0 aliphatic carbocycles. The summed E-state index contributed by atoms with van der Waals surface area (Å²) in [4.78, 5) is 10.9. The van der Waals surface area contributed by atoms with Crippen LogP contribution in [0.1, 0.15) is 30.9 Å². The number of aliphatic carboxylic acids is 1. The van der Waals surface area contributed by atoms with E-state index in [0.717, 1.165) is 12.1 Å². The lowest BCUT2D eigenvalue weighted by Gasteiger charge is -2.19. The SMILES string of the molecule is CCCC(Oc1ccc(CO)cc1C(F)(F)F)C(=O)O. The van der Waals surface area contributed by atoms with Crippen molar-refractivity contribution < 1.29 is 32.9 Å². The number of hydrogen-bond acceptors (Lipinski definition) is 3. The molecule has 0 saturated carbocycles. The van der Waals surface area contributed by atoms with Crippen molar-refractivity contribution in [2.24, 2.45) is 0 Å². The molecule has 0 fully saturated rings. The normalized spacial score (nSPS) is 13.1. The van der Waals surface area contributed by atoms with Gasteiger partial charge in [-0.05, 0) is 24.1 Å². The standard InChI is InChI=1S/C13H15F3O4/c1-2-3-11(12(18)19)20-10-5-4-8(7-17)6-9(10)13(14,15)16/h4-6,11,17H,2-3,7H2,1H3,(H,18,19). The van der Waals surface area contributed by atoms with Crippen molar-refractivity contribution >= 4 is 5.97 Å². The lowest BCUT2D eigenvalue weighted by atomic mass is 10.1. The highest BCUT2D eigenvalue weighted by Crippen LogP contribution is 2.37. The van der Waals surface area contributed by atoms with Gasteiger partial charge in [0.15, 0.2) is 6.10 Å². The first kappa shape index (κ1) is 16.3. The summed E-state index contributed by atoms with van der Waals surface area (Å²) < 4.78 is 43.7. The van der Waals surface area contributed by atoms with Crippen LogP contribution in [-0.2, 0) is 17.6 Å². The molecule has 0 radical (unpaired) electrons. The molecule has 0 aliphatic rings. The van der Waals surface area contributed by atoms with Gasteiger partial charge in [-0.3, -0.25) is 0 Å². The molecule has 0 bridgehead atoms. The van der Waals surface area contributed by atoms with Crippen molar-refractivity contribution in [3.63, 3.8) is 0 Å². The quantitative estimate of drug-likeness (QED) is 0.846. The minimum absolute atomic E-state index is 0.0760. The van der Waals surface area contributed by atoms with E-state index in [2.05, 4.69) is 0 Å². The summed E-state index contributed by atoms with van der Waals surface area (Å²) in [5.74, 6) is -1.86. The number of carboxylic acids is 1. The maximum Gasteiger partial charge on any atom is 0.419 e. The van der Waals surface area contributed by atoms with Crippen molar-refractivity contribution in [1.82, 2.24) is 0 Å². The smallest absolute Gasteiger partial charge is 0.419 e. The van der Waals surface area contributed by atoms with Crippen molar-refractivity contribution in [2.75, 3.05) is 0 Å². The van der Waals surface area contributed by atoms with Crippen molar-refractivity contribution in [2.45, 2.75) is 38.7 Å². The number of aliphatic hydroxyl groups excluding tert-OH is 1. The Morgan fingerprint density at radius 2 is 2.05 bits per heavy atom. The Morgan fingerprint density at radius 1 is 1.40 bits per heavy atom. The minimum atomic E-state index is -4.68. The van der Waals surface area contributed by atoms with Crippen LogP contribution in [0.2, 0.25) is 0 Å². The van der Waals surface area contributed by atoms with Crippen LogP contribution in [0, 0.1) is 0 Å². The van der Waals surface area contributed by atoms with E-state index in [1.54, 1.807) is 6.92 Å². The molecule has 7 heteroatoms. The van der Waals surface area contributed by atoms with Crippen LogP contribution in [0.15, 0.2) is 18.2 Å². The Balaban J connectivity index is 3.13. The van der Waals surface area contributed by atoms with Gasteiger partial charge in [0.1, 0.15) is 5.75 Å². The molecular weight excluding hydrogens is 277 g/mol. The molecule has 0 saturated heterocycles. The molecule has 1 atom stereocenters. The summed E-state index contributed by atoms with van der Waals surface area (Å²) in [6.07, 6.45) is -5.45. The highest BCUT2D eigenvalue weighted by Gasteiger charge is 2.35. The third-order valence-corrected chi connectivity index (χ3v) is 2.63. The van der Waals surface area contributed by atoms with Crippen LogP contribution in [0.3, 0.4) is 0 Å². The number of carbonyl (C=O) groups is 1. The molecule has 1 unspecified atom stereocenters. The Hall–Kier alpha value is -1.76. The molecule has 4 nitrogen and oxygen atoms in total. The van der Waals surface area contributed by atoms with Crippen molar-refractivity contribution in [1.29, 1.82) is 0 Å². The third kappa shape index (κ3) is 4.12. The van der Waals surface area contributed by atoms with Crippen molar-refractivity contribution in [3.8, 4) is 5.75 Å². The summed E-state index contributed by atoms with van der Waals surface area (Å²) in [5.41, 5.74) is -1.02. The fourth-order valence-corrected chi connectivity index (χ4v) is 1.65. The first-order valence-corrected chi connectivity index (χ1v) is 6.00. The summed E-state index contributed by atoms with van der Waals surface area (Å²) in [5, 5.41) is 17.8. The Bertz CT molecular complexity index is 471. The van der Waals surface area contributed by atoms with E-state index in [1.807, 2.05) is 0 Å². The number of carboxylic acid groups (broad SMARTS) is 1. The minimum Gasteiger partial charge on any atom is -0.479 e. The number of benzene rings is 1. The first-order valence-electron chi connectivity index (χ1n) is 6.00. The largest absolute Gasteiger partial charge is 0.479 e. The van der Waals surface area contributed by atoms with E-state index < -0.39 is 36.2 Å². The zero-order valence-electron chi connectivity index (χ0n) is 10.8. The average Bonchev–Trinajstić information content (AvgIpc) is 2.37. The van der Waals surface area contributed by atoms with Gasteiger partial charge in [0, 0.05) is 0 Å². The second-order valence-corrected chi connectivity index (χ2v) is 4.22. The van der Waals surface area contributed by atoms with E-state index in [-0.39, 0.29) is 12.0 Å². The summed E-state index contributed by atoms with van der Waals surface area (Å²) in [6, 6.07) is 3.04. The second-order valence-electron chi connectivity index (χ2n) is 4.22. The molecular formula is C13H15F3O4. The van der Waals surface area contributed by atoms with E-state index in [4.69, 9.17) is 14.9 Å². The van der Waals surface area contributed by atoms with Gasteiger partial charge in [0.05, 0.1) is 12.2 Å². The van der Waals surface area contributed by atoms with Gasteiger partial charge in [-0.25, -0.2) is 4.79 Å². The van der Waals surface area contributed by atoms with Crippen LogP contribution in [-0.4, -0.2) is 22.3 Å². The molecule has 1 rings (SSSR count). The fraction of sp³-hybridized carbons (Fsp3) is 0.462.